The van der Waals surface area contributed by atoms with Crippen molar-refractivity contribution in [2.75, 3.05) is 11.1 Å². The van der Waals surface area contributed by atoms with Gasteiger partial charge in [-0.2, -0.15) is 0 Å². The zero-order valence-corrected chi connectivity index (χ0v) is 18.2. The third-order valence-electron chi connectivity index (χ3n) is 4.90. The molecule has 2 aromatic carbocycles. The van der Waals surface area contributed by atoms with Crippen LogP contribution in [0, 0.1) is 6.92 Å². The molecule has 0 bridgehead atoms. The van der Waals surface area contributed by atoms with E-state index in [0.717, 1.165) is 11.1 Å². The van der Waals surface area contributed by atoms with Crippen molar-refractivity contribution >= 4 is 51.6 Å². The first-order valence-corrected chi connectivity index (χ1v) is 10.1. The number of amides is 1. The van der Waals surface area contributed by atoms with E-state index < -0.39 is 12.0 Å². The van der Waals surface area contributed by atoms with Gasteiger partial charge in [-0.3, -0.25) is 4.79 Å². The molecule has 158 valence electrons. The number of fused-ring (bicyclic) bond motifs is 1. The third kappa shape index (κ3) is 4.07. The second-order valence-corrected chi connectivity index (χ2v) is 7.99. The van der Waals surface area contributed by atoms with Crippen molar-refractivity contribution in [3.8, 4) is 11.1 Å². The number of nitrogens with two attached hydrogens (primary N) is 1. The van der Waals surface area contributed by atoms with E-state index >= 15 is 0 Å². The fraction of sp³-hybridized carbons (Fsp3) is 0.136. The number of nitrogen functional groups attached to an aromatic ring is 1. The van der Waals surface area contributed by atoms with E-state index in [1.54, 1.807) is 43.3 Å². The number of anilines is 2. The number of hydrogen-bond donors (Lipinski definition) is 3. The molecule has 0 saturated heterocycles. The van der Waals surface area contributed by atoms with Crippen molar-refractivity contribution in [1.29, 1.82) is 0 Å². The molecular weight excluding hydrogens is 437 g/mol. The van der Waals surface area contributed by atoms with Gasteiger partial charge in [0.2, 0.25) is 0 Å². The lowest BCUT2D eigenvalue weighted by atomic mass is 10.0. The lowest BCUT2D eigenvalue weighted by molar-refractivity contribution is -0.124. The molecule has 2 aromatic heterocycles. The summed E-state index contributed by atoms with van der Waals surface area (Å²) in [5.74, 6) is 0.362. The van der Waals surface area contributed by atoms with Gasteiger partial charge in [0.1, 0.15) is 17.3 Å². The molecule has 0 aliphatic rings. The average molecular weight is 456 g/mol. The summed E-state index contributed by atoms with van der Waals surface area (Å²) >= 11 is 12.5. The van der Waals surface area contributed by atoms with Crippen LogP contribution in [0.2, 0.25) is 10.0 Å². The number of aryl methyl sites for hydroxylation is 2. The van der Waals surface area contributed by atoms with E-state index in [1.807, 2.05) is 17.8 Å². The number of halogens is 2. The summed E-state index contributed by atoms with van der Waals surface area (Å²) < 4.78 is 1.86. The predicted molar refractivity (Wildman–Crippen MR) is 123 cm³/mol. The summed E-state index contributed by atoms with van der Waals surface area (Å²) in [5, 5.41) is 14.5. The molecule has 4 rings (SSSR count). The van der Waals surface area contributed by atoms with E-state index in [9.17, 15) is 9.90 Å². The molecule has 1 amide bonds. The number of nitrogens with one attached hydrogen (secondary N) is 1. The zero-order valence-electron chi connectivity index (χ0n) is 16.7. The maximum Gasteiger partial charge on any atom is 0.257 e. The zero-order chi connectivity index (χ0) is 22.3. The van der Waals surface area contributed by atoms with Gasteiger partial charge in [-0.25, -0.2) is 9.97 Å². The van der Waals surface area contributed by atoms with Gasteiger partial charge in [0.15, 0.2) is 6.10 Å². The lowest BCUT2D eigenvalue weighted by Gasteiger charge is -2.13. The number of hydrogen-bond acceptors (Lipinski definition) is 5. The number of aliphatic hydroxyl groups is 1. The molecular formula is C22H19Cl2N5O2. The molecule has 0 aliphatic carbocycles. The average Bonchev–Trinajstić information content (AvgIpc) is 3.04. The largest absolute Gasteiger partial charge is 0.383 e. The molecule has 9 heteroatoms. The molecule has 1 atom stereocenters. The van der Waals surface area contributed by atoms with Gasteiger partial charge in [0.25, 0.3) is 5.91 Å². The molecule has 31 heavy (non-hydrogen) atoms. The molecule has 0 spiro atoms. The Kier molecular flexibility index (Phi) is 5.58. The second kappa shape index (κ2) is 8.19. The van der Waals surface area contributed by atoms with Crippen LogP contribution in [0.15, 0.2) is 48.7 Å². The summed E-state index contributed by atoms with van der Waals surface area (Å²) in [6.45, 7) is 1.78. The van der Waals surface area contributed by atoms with Crippen molar-refractivity contribution in [1.82, 2.24) is 14.5 Å². The monoisotopic (exact) mass is 455 g/mol. The molecule has 4 N–H and O–H groups in total. The van der Waals surface area contributed by atoms with Gasteiger partial charge < -0.3 is 20.7 Å². The Hall–Kier alpha value is -3.13. The standard InChI is InChI=1S/C22H19Cl2N5O2/c1-11-26-20(25)18-16(10-29(2)21(18)27-11)15-7-6-14(9-17(15)24)28-22(31)19(30)12-4-3-5-13(23)8-12/h3-10,19,30H,1-2H3,(H,28,31)(H2,25,26,27). The number of benzene rings is 2. The van der Waals surface area contributed by atoms with Crippen molar-refractivity contribution in [3.05, 3.63) is 70.1 Å². The van der Waals surface area contributed by atoms with Crippen LogP contribution in [-0.4, -0.2) is 25.5 Å². The summed E-state index contributed by atoms with van der Waals surface area (Å²) in [7, 11) is 1.87. The van der Waals surface area contributed by atoms with Crippen LogP contribution in [0.1, 0.15) is 17.5 Å². The molecule has 1 unspecified atom stereocenters. The van der Waals surface area contributed by atoms with E-state index in [-0.39, 0.29) is 0 Å². The highest BCUT2D eigenvalue weighted by atomic mass is 35.5. The Balaban J connectivity index is 1.64. The minimum Gasteiger partial charge on any atom is -0.383 e. The van der Waals surface area contributed by atoms with Gasteiger partial charge in [-0.05, 0) is 36.8 Å². The first-order chi connectivity index (χ1) is 14.7. The van der Waals surface area contributed by atoms with Gasteiger partial charge in [0.05, 0.1) is 10.4 Å². The number of aliphatic hydroxyl groups excluding tert-OH is 1. The van der Waals surface area contributed by atoms with E-state index in [1.165, 1.54) is 6.07 Å². The predicted octanol–water partition coefficient (Wildman–Crippen LogP) is 4.50. The number of nitrogens with zero attached hydrogens (tertiary/aromatic N) is 3. The summed E-state index contributed by atoms with van der Waals surface area (Å²) in [4.78, 5) is 21.2. The molecule has 0 fully saturated rings. The van der Waals surface area contributed by atoms with E-state index in [0.29, 0.717) is 44.0 Å². The molecule has 7 nitrogen and oxygen atoms in total. The molecule has 0 aliphatic heterocycles. The lowest BCUT2D eigenvalue weighted by Crippen LogP contribution is -2.20. The minimum absolute atomic E-state index is 0.371. The van der Waals surface area contributed by atoms with Gasteiger partial charge in [-0.1, -0.05) is 41.4 Å². The smallest absolute Gasteiger partial charge is 0.257 e. The highest BCUT2D eigenvalue weighted by Crippen LogP contribution is 2.37. The maximum atomic E-state index is 12.5. The van der Waals surface area contributed by atoms with Crippen LogP contribution in [0.3, 0.4) is 0 Å². The third-order valence-corrected chi connectivity index (χ3v) is 5.44. The Labute approximate surface area is 188 Å². The van der Waals surface area contributed by atoms with Crippen molar-refractivity contribution in [2.24, 2.45) is 7.05 Å². The van der Waals surface area contributed by atoms with E-state index in [4.69, 9.17) is 28.9 Å². The van der Waals surface area contributed by atoms with Gasteiger partial charge in [0, 0.05) is 35.1 Å². The van der Waals surface area contributed by atoms with Gasteiger partial charge >= 0.3 is 0 Å². The van der Waals surface area contributed by atoms with Crippen LogP contribution in [0.4, 0.5) is 11.5 Å². The summed E-state index contributed by atoms with van der Waals surface area (Å²) in [6.07, 6.45) is 0.521. The van der Waals surface area contributed by atoms with Crippen LogP contribution in [0.25, 0.3) is 22.2 Å². The topological polar surface area (TPSA) is 106 Å². The molecule has 4 aromatic rings. The number of carbonyl (C=O) groups is 1. The van der Waals surface area contributed by atoms with Crippen LogP contribution in [0.5, 0.6) is 0 Å². The van der Waals surface area contributed by atoms with Crippen molar-refractivity contribution in [3.63, 3.8) is 0 Å². The van der Waals surface area contributed by atoms with Gasteiger partial charge in [-0.15, -0.1) is 0 Å². The molecule has 2 heterocycles. The Morgan fingerprint density at radius 3 is 2.65 bits per heavy atom. The minimum atomic E-state index is -1.37. The van der Waals surface area contributed by atoms with Crippen molar-refractivity contribution < 1.29 is 9.90 Å². The van der Waals surface area contributed by atoms with Crippen LogP contribution >= 0.6 is 23.2 Å². The Morgan fingerprint density at radius 2 is 1.94 bits per heavy atom. The quantitative estimate of drug-likeness (QED) is 0.419. The Bertz CT molecular complexity index is 1320. The normalized spacial score (nSPS) is 12.2. The highest BCUT2D eigenvalue weighted by Gasteiger charge is 2.20. The summed E-state index contributed by atoms with van der Waals surface area (Å²) in [5.41, 5.74) is 9.21. The molecule has 0 saturated carbocycles. The summed E-state index contributed by atoms with van der Waals surface area (Å²) in [6, 6.07) is 11.6. The van der Waals surface area contributed by atoms with Crippen LogP contribution < -0.4 is 11.1 Å². The maximum absolute atomic E-state index is 12.5. The number of rotatable bonds is 4. The fourth-order valence-electron chi connectivity index (χ4n) is 3.47. The first-order valence-electron chi connectivity index (χ1n) is 9.38. The Morgan fingerprint density at radius 1 is 1.16 bits per heavy atom. The second-order valence-electron chi connectivity index (χ2n) is 7.15. The first kappa shape index (κ1) is 21.1. The molecule has 0 radical (unpaired) electrons. The van der Waals surface area contributed by atoms with Crippen molar-refractivity contribution in [2.45, 2.75) is 13.0 Å². The highest BCUT2D eigenvalue weighted by molar-refractivity contribution is 6.34. The van der Waals surface area contributed by atoms with Crippen LogP contribution in [-0.2, 0) is 11.8 Å². The van der Waals surface area contributed by atoms with E-state index in [2.05, 4.69) is 15.3 Å². The fourth-order valence-corrected chi connectivity index (χ4v) is 3.95. The number of aromatic nitrogens is 3. The number of carbonyl (C=O) groups excluding carboxylic acids is 1. The SMILES string of the molecule is Cc1nc(N)c2c(-c3ccc(NC(=O)C(O)c4cccc(Cl)c4)cc3Cl)cn(C)c2n1.